The summed E-state index contributed by atoms with van der Waals surface area (Å²) in [5, 5.41) is 5.33. The lowest BCUT2D eigenvalue weighted by atomic mass is 10.1. The summed E-state index contributed by atoms with van der Waals surface area (Å²) in [5.74, 6) is 1.20. The van der Waals surface area contributed by atoms with Crippen LogP contribution in [0.4, 0.5) is 4.79 Å². The minimum absolute atomic E-state index is 0.0320. The lowest BCUT2D eigenvalue weighted by molar-refractivity contribution is -0.126. The lowest BCUT2D eigenvalue weighted by Gasteiger charge is -2.14. The molecular weight excluding hydrogens is 350 g/mol. The van der Waals surface area contributed by atoms with E-state index in [0.29, 0.717) is 19.6 Å². The molecule has 0 unspecified atom stereocenters. The maximum atomic E-state index is 12.1. The first-order chi connectivity index (χ1) is 13.0. The quantitative estimate of drug-likeness (QED) is 0.669. The van der Waals surface area contributed by atoms with Crippen LogP contribution in [0.5, 0.6) is 11.5 Å². The Labute approximate surface area is 158 Å². The molecule has 2 aliphatic heterocycles. The number of rotatable bonds is 8. The Morgan fingerprint density at radius 2 is 2.22 bits per heavy atom. The second-order valence-electron chi connectivity index (χ2n) is 6.72. The highest BCUT2D eigenvalue weighted by molar-refractivity contribution is 6.01. The van der Waals surface area contributed by atoms with Gasteiger partial charge < -0.3 is 20.1 Å². The van der Waals surface area contributed by atoms with Crippen LogP contribution >= 0.6 is 0 Å². The average molecular weight is 375 g/mol. The van der Waals surface area contributed by atoms with Gasteiger partial charge in [0.25, 0.3) is 0 Å². The molecule has 0 radical (unpaired) electrons. The number of carbonyl (C=O) groups excluding carboxylic acids is 3. The summed E-state index contributed by atoms with van der Waals surface area (Å²) in [6.45, 7) is 5.10. The molecule has 1 atom stereocenters. The van der Waals surface area contributed by atoms with Crippen LogP contribution in [0.2, 0.25) is 0 Å². The third kappa shape index (κ3) is 4.50. The summed E-state index contributed by atoms with van der Waals surface area (Å²) in [4.78, 5) is 36.2. The van der Waals surface area contributed by atoms with Gasteiger partial charge in [0, 0.05) is 37.1 Å². The number of urea groups is 1. The topological polar surface area (TPSA) is 97.0 Å². The van der Waals surface area contributed by atoms with Gasteiger partial charge in [-0.3, -0.25) is 14.5 Å². The molecule has 3 rings (SSSR count). The predicted molar refractivity (Wildman–Crippen MR) is 97.6 cm³/mol. The molecule has 2 N–H and O–H groups in total. The van der Waals surface area contributed by atoms with Crippen LogP contribution in [0.25, 0.3) is 0 Å². The predicted octanol–water partition coefficient (Wildman–Crippen LogP) is 1.36. The number of hydrogen-bond acceptors (Lipinski definition) is 5. The van der Waals surface area contributed by atoms with E-state index in [1.807, 2.05) is 26.0 Å². The van der Waals surface area contributed by atoms with Gasteiger partial charge in [0.05, 0.1) is 13.2 Å². The second kappa shape index (κ2) is 8.28. The standard InChI is InChI=1S/C19H25N3O5/c1-3-26-15-8-13-7-12(2)27-16(13)9-14(15)10-20-17(23)5-4-6-22-18(24)11-21-19(22)25/h8-9,12H,3-7,10-11H2,1-2H3,(H,20,23)(H,21,25)/t12-/m1/s1. The van der Waals surface area contributed by atoms with Crippen molar-refractivity contribution in [3.8, 4) is 11.5 Å². The number of carbonyl (C=O) groups is 3. The van der Waals surface area contributed by atoms with Gasteiger partial charge in [0.1, 0.15) is 17.6 Å². The van der Waals surface area contributed by atoms with Gasteiger partial charge in [-0.05, 0) is 32.4 Å². The van der Waals surface area contributed by atoms with E-state index in [-0.39, 0.29) is 37.4 Å². The van der Waals surface area contributed by atoms with E-state index in [9.17, 15) is 14.4 Å². The molecule has 0 aliphatic carbocycles. The van der Waals surface area contributed by atoms with Crippen molar-refractivity contribution in [2.24, 2.45) is 0 Å². The summed E-state index contributed by atoms with van der Waals surface area (Å²) in [7, 11) is 0. The van der Waals surface area contributed by atoms with E-state index in [0.717, 1.165) is 33.9 Å². The average Bonchev–Trinajstić information content (AvgIpc) is 3.15. The Morgan fingerprint density at radius 1 is 1.41 bits per heavy atom. The Morgan fingerprint density at radius 3 is 2.93 bits per heavy atom. The van der Waals surface area contributed by atoms with Crippen molar-refractivity contribution in [3.63, 3.8) is 0 Å². The van der Waals surface area contributed by atoms with Gasteiger partial charge in [-0.1, -0.05) is 0 Å². The molecule has 0 bridgehead atoms. The maximum Gasteiger partial charge on any atom is 0.324 e. The van der Waals surface area contributed by atoms with Crippen LogP contribution < -0.4 is 20.1 Å². The highest BCUT2D eigenvalue weighted by Gasteiger charge is 2.27. The fourth-order valence-electron chi connectivity index (χ4n) is 3.27. The number of nitrogens with one attached hydrogen (secondary N) is 2. The van der Waals surface area contributed by atoms with Crippen molar-refractivity contribution in [3.05, 3.63) is 23.3 Å². The van der Waals surface area contributed by atoms with E-state index in [1.54, 1.807) is 0 Å². The molecule has 1 fully saturated rings. The van der Waals surface area contributed by atoms with Gasteiger partial charge >= 0.3 is 6.03 Å². The zero-order valence-corrected chi connectivity index (χ0v) is 15.7. The maximum absolute atomic E-state index is 12.1. The molecule has 4 amide bonds. The third-order valence-electron chi connectivity index (χ3n) is 4.58. The zero-order chi connectivity index (χ0) is 19.4. The number of nitrogens with zero attached hydrogens (tertiary/aromatic N) is 1. The highest BCUT2D eigenvalue weighted by Crippen LogP contribution is 2.35. The Bertz CT molecular complexity index is 733. The van der Waals surface area contributed by atoms with E-state index in [4.69, 9.17) is 9.47 Å². The molecule has 1 saturated heterocycles. The van der Waals surface area contributed by atoms with Crippen LogP contribution in [0.1, 0.15) is 37.8 Å². The summed E-state index contributed by atoms with van der Waals surface area (Å²) >= 11 is 0. The molecule has 8 heteroatoms. The van der Waals surface area contributed by atoms with Crippen molar-refractivity contribution in [2.45, 2.75) is 45.8 Å². The van der Waals surface area contributed by atoms with E-state index in [1.165, 1.54) is 0 Å². The van der Waals surface area contributed by atoms with Crippen LogP contribution in [0.3, 0.4) is 0 Å². The molecular formula is C19H25N3O5. The fraction of sp³-hybridized carbons (Fsp3) is 0.526. The van der Waals surface area contributed by atoms with Gasteiger partial charge in [0.15, 0.2) is 0 Å². The van der Waals surface area contributed by atoms with Gasteiger partial charge in [0.2, 0.25) is 11.8 Å². The van der Waals surface area contributed by atoms with Gasteiger partial charge in [-0.15, -0.1) is 0 Å². The van der Waals surface area contributed by atoms with Gasteiger partial charge in [-0.25, -0.2) is 4.79 Å². The molecule has 0 saturated carbocycles. The molecule has 2 aliphatic rings. The molecule has 146 valence electrons. The molecule has 1 aromatic carbocycles. The molecule has 0 aromatic heterocycles. The first-order valence-electron chi connectivity index (χ1n) is 9.28. The Hall–Kier alpha value is -2.77. The van der Waals surface area contributed by atoms with Gasteiger partial charge in [-0.2, -0.15) is 0 Å². The van der Waals surface area contributed by atoms with Crippen LogP contribution in [-0.4, -0.2) is 48.5 Å². The lowest BCUT2D eigenvalue weighted by Crippen LogP contribution is -2.32. The smallest absolute Gasteiger partial charge is 0.324 e. The SMILES string of the molecule is CCOc1cc2c(cc1CNC(=O)CCCN1C(=O)CNC1=O)O[C@H](C)C2. The van der Waals surface area contributed by atoms with Crippen molar-refractivity contribution in [1.82, 2.24) is 15.5 Å². The normalized spacial score (nSPS) is 18.1. The number of benzene rings is 1. The van der Waals surface area contributed by atoms with E-state index >= 15 is 0 Å². The number of amides is 4. The minimum Gasteiger partial charge on any atom is -0.494 e. The number of imide groups is 1. The van der Waals surface area contributed by atoms with Crippen LogP contribution in [0, 0.1) is 0 Å². The Kier molecular flexibility index (Phi) is 5.83. The summed E-state index contributed by atoms with van der Waals surface area (Å²) in [6, 6.07) is 3.52. The number of hydrogen-bond donors (Lipinski definition) is 2. The van der Waals surface area contributed by atoms with E-state index in [2.05, 4.69) is 10.6 Å². The second-order valence-corrected chi connectivity index (χ2v) is 6.72. The van der Waals surface area contributed by atoms with Crippen molar-refractivity contribution in [2.75, 3.05) is 19.7 Å². The minimum atomic E-state index is -0.394. The molecule has 1 aromatic rings. The molecule has 8 nitrogen and oxygen atoms in total. The fourth-order valence-corrected chi connectivity index (χ4v) is 3.27. The summed E-state index contributed by atoms with van der Waals surface area (Å²) < 4.78 is 11.5. The first kappa shape index (κ1) is 19.0. The van der Waals surface area contributed by atoms with Crippen molar-refractivity contribution >= 4 is 17.8 Å². The van der Waals surface area contributed by atoms with Crippen LogP contribution in [0.15, 0.2) is 12.1 Å². The first-order valence-corrected chi connectivity index (χ1v) is 9.28. The summed E-state index contributed by atoms with van der Waals surface area (Å²) in [6.07, 6.45) is 1.66. The van der Waals surface area contributed by atoms with E-state index < -0.39 is 6.03 Å². The molecule has 27 heavy (non-hydrogen) atoms. The Balaban J connectivity index is 1.51. The number of fused-ring (bicyclic) bond motifs is 1. The largest absolute Gasteiger partial charge is 0.494 e. The van der Waals surface area contributed by atoms with Crippen molar-refractivity contribution in [1.29, 1.82) is 0 Å². The van der Waals surface area contributed by atoms with Crippen molar-refractivity contribution < 1.29 is 23.9 Å². The monoisotopic (exact) mass is 375 g/mol. The molecule has 2 heterocycles. The molecule has 0 spiro atoms. The zero-order valence-electron chi connectivity index (χ0n) is 15.7. The summed E-state index contributed by atoms with van der Waals surface area (Å²) in [5.41, 5.74) is 1.99. The highest BCUT2D eigenvalue weighted by atomic mass is 16.5. The third-order valence-corrected chi connectivity index (χ3v) is 4.58. The van der Waals surface area contributed by atoms with Crippen LogP contribution in [-0.2, 0) is 22.6 Å². The number of ether oxygens (including phenoxy) is 2.